The second kappa shape index (κ2) is 6.29. The highest BCUT2D eigenvalue weighted by molar-refractivity contribution is 6.42. The number of allylic oxidation sites excluding steroid dienone is 1. The van der Waals surface area contributed by atoms with Crippen LogP contribution in [0.5, 0.6) is 0 Å². The van der Waals surface area contributed by atoms with E-state index < -0.39 is 0 Å². The molecule has 1 aliphatic heterocycles. The summed E-state index contributed by atoms with van der Waals surface area (Å²) in [5.41, 5.74) is 3.89. The van der Waals surface area contributed by atoms with E-state index in [0.29, 0.717) is 15.7 Å². The fourth-order valence-electron chi connectivity index (χ4n) is 3.10. The highest BCUT2D eigenvalue weighted by Crippen LogP contribution is 2.46. The van der Waals surface area contributed by atoms with Crippen LogP contribution in [0, 0.1) is 6.57 Å². The predicted molar refractivity (Wildman–Crippen MR) is 100 cm³/mol. The third-order valence-electron chi connectivity index (χ3n) is 4.23. The van der Waals surface area contributed by atoms with Crippen molar-refractivity contribution in [2.75, 3.05) is 5.32 Å². The molecule has 2 heterocycles. The van der Waals surface area contributed by atoms with Gasteiger partial charge in [-0.25, -0.2) is 4.85 Å². The molecule has 1 aliphatic rings. The molecule has 1 unspecified atom stereocenters. The quantitative estimate of drug-likeness (QED) is 0.583. The molecule has 0 bridgehead atoms. The lowest BCUT2D eigenvalue weighted by Gasteiger charge is -2.27. The van der Waals surface area contributed by atoms with Crippen molar-refractivity contribution in [3.8, 4) is 0 Å². The van der Waals surface area contributed by atoms with Crippen molar-refractivity contribution in [1.82, 2.24) is 10.2 Å². The first kappa shape index (κ1) is 15.8. The largest absolute Gasteiger partial charge is 0.349 e. The number of hydrogen-bond donors (Lipinski definition) is 2. The lowest BCUT2D eigenvalue weighted by Crippen LogP contribution is -2.16. The number of nitrogens with one attached hydrogen (secondary N) is 2. The molecule has 122 valence electrons. The van der Waals surface area contributed by atoms with Gasteiger partial charge in [-0.3, -0.25) is 5.10 Å². The van der Waals surface area contributed by atoms with E-state index in [4.69, 9.17) is 29.8 Å². The molecule has 4 nitrogen and oxygen atoms in total. The average molecular weight is 367 g/mol. The van der Waals surface area contributed by atoms with Gasteiger partial charge in [0, 0.05) is 11.3 Å². The molecule has 2 aromatic carbocycles. The number of nitrogens with zero attached hydrogens (tertiary/aromatic N) is 2. The molecule has 4 rings (SSSR count). The van der Waals surface area contributed by atoms with E-state index >= 15 is 0 Å². The van der Waals surface area contributed by atoms with Crippen LogP contribution in [0.4, 0.5) is 5.82 Å². The molecule has 6 heteroatoms. The Bertz CT molecular complexity index is 1020. The first-order valence-corrected chi connectivity index (χ1v) is 8.37. The summed E-state index contributed by atoms with van der Waals surface area (Å²) < 4.78 is 0. The molecule has 1 atom stereocenters. The van der Waals surface area contributed by atoms with Crippen LogP contribution >= 0.6 is 23.2 Å². The van der Waals surface area contributed by atoms with Gasteiger partial charge in [0.1, 0.15) is 5.82 Å². The summed E-state index contributed by atoms with van der Waals surface area (Å²) in [5.74, 6) is 0.418. The lowest BCUT2D eigenvalue weighted by atomic mass is 9.85. The minimum Gasteiger partial charge on any atom is -0.349 e. The number of aromatic amines is 1. The number of anilines is 1. The zero-order chi connectivity index (χ0) is 17.4. The maximum Gasteiger partial charge on any atom is 0.200 e. The summed E-state index contributed by atoms with van der Waals surface area (Å²) in [4.78, 5) is 3.84. The van der Waals surface area contributed by atoms with E-state index in [1.165, 1.54) is 0 Å². The monoisotopic (exact) mass is 366 g/mol. The molecule has 0 radical (unpaired) electrons. The van der Waals surface area contributed by atoms with Crippen LogP contribution in [0.25, 0.3) is 10.5 Å². The van der Waals surface area contributed by atoms with Gasteiger partial charge in [0.25, 0.3) is 0 Å². The van der Waals surface area contributed by atoms with Gasteiger partial charge in [0.05, 0.1) is 28.7 Å². The molecule has 0 amide bonds. The summed E-state index contributed by atoms with van der Waals surface area (Å²) in [7, 11) is 0. The van der Waals surface area contributed by atoms with E-state index in [-0.39, 0.29) is 5.92 Å². The van der Waals surface area contributed by atoms with Crippen LogP contribution < -0.4 is 5.32 Å². The van der Waals surface area contributed by atoms with Gasteiger partial charge in [-0.05, 0) is 17.2 Å². The van der Waals surface area contributed by atoms with Crippen molar-refractivity contribution in [2.24, 2.45) is 0 Å². The summed E-state index contributed by atoms with van der Waals surface area (Å²) in [6, 6.07) is 15.2. The number of hydrogen-bond acceptors (Lipinski definition) is 2. The number of aromatic nitrogens is 2. The van der Waals surface area contributed by atoms with Gasteiger partial charge in [-0.15, -0.1) is 0 Å². The summed E-state index contributed by atoms with van der Waals surface area (Å²) in [5, 5.41) is 11.3. The van der Waals surface area contributed by atoms with E-state index in [0.717, 1.165) is 28.2 Å². The third-order valence-corrected chi connectivity index (χ3v) is 5.07. The first-order valence-electron chi connectivity index (χ1n) is 7.62. The van der Waals surface area contributed by atoms with Gasteiger partial charge in [-0.2, -0.15) is 5.10 Å². The Labute approximate surface area is 154 Å². The molecular weight excluding hydrogens is 355 g/mol. The fraction of sp³-hybridized carbons (Fsp3) is 0.0526. The predicted octanol–water partition coefficient (Wildman–Crippen LogP) is 5.56. The average Bonchev–Trinajstić information content (AvgIpc) is 3.11. The Hall–Kier alpha value is -2.74. The molecule has 0 aliphatic carbocycles. The second-order valence-electron chi connectivity index (χ2n) is 5.64. The minimum absolute atomic E-state index is 0.339. The van der Waals surface area contributed by atoms with E-state index in [2.05, 4.69) is 20.4 Å². The highest BCUT2D eigenvalue weighted by atomic mass is 35.5. The van der Waals surface area contributed by atoms with Gasteiger partial charge in [0.2, 0.25) is 5.70 Å². The number of rotatable bonds is 2. The number of H-pyrrole nitrogens is 1. The Morgan fingerprint density at radius 1 is 1.00 bits per heavy atom. The molecule has 2 N–H and O–H groups in total. The van der Waals surface area contributed by atoms with E-state index in [9.17, 15) is 0 Å². The summed E-state index contributed by atoms with van der Waals surface area (Å²) in [6.45, 7) is 7.80. The maximum atomic E-state index is 7.80. The Morgan fingerprint density at radius 3 is 2.56 bits per heavy atom. The van der Waals surface area contributed by atoms with Crippen LogP contribution in [-0.4, -0.2) is 10.2 Å². The fourth-order valence-corrected chi connectivity index (χ4v) is 3.52. The summed E-state index contributed by atoms with van der Waals surface area (Å²) in [6.07, 6.45) is 1.72. The lowest BCUT2D eigenvalue weighted by molar-refractivity contribution is 0.966. The number of benzene rings is 2. The van der Waals surface area contributed by atoms with Crippen molar-refractivity contribution in [1.29, 1.82) is 0 Å². The van der Waals surface area contributed by atoms with Crippen molar-refractivity contribution >= 4 is 34.7 Å². The van der Waals surface area contributed by atoms with Crippen molar-refractivity contribution in [3.63, 3.8) is 0 Å². The van der Waals surface area contributed by atoms with Crippen molar-refractivity contribution < 1.29 is 0 Å². The normalized spacial score (nSPS) is 16.1. The Morgan fingerprint density at radius 2 is 1.80 bits per heavy atom. The maximum absolute atomic E-state index is 7.80. The molecular formula is C19H12Cl2N4. The first-order chi connectivity index (χ1) is 12.2. The van der Waals surface area contributed by atoms with Crippen LogP contribution in [0.3, 0.4) is 0 Å². The van der Waals surface area contributed by atoms with E-state index in [1.54, 1.807) is 12.3 Å². The SMILES string of the molecule is [C-]#[N+]C1=C(c2ccccc2)Nc2[nH]ncc2C1c1cccc(Cl)c1Cl. The van der Waals surface area contributed by atoms with Crippen molar-refractivity contribution in [2.45, 2.75) is 5.92 Å². The van der Waals surface area contributed by atoms with Gasteiger partial charge in [-0.1, -0.05) is 65.7 Å². The smallest absolute Gasteiger partial charge is 0.200 e. The molecule has 3 aromatic rings. The van der Waals surface area contributed by atoms with Crippen molar-refractivity contribution in [3.05, 3.63) is 98.6 Å². The van der Waals surface area contributed by atoms with Gasteiger partial charge >= 0.3 is 0 Å². The van der Waals surface area contributed by atoms with Gasteiger partial charge < -0.3 is 5.32 Å². The Balaban J connectivity index is 1.99. The topological polar surface area (TPSA) is 45.1 Å². The molecule has 0 saturated heterocycles. The minimum atomic E-state index is -0.339. The highest BCUT2D eigenvalue weighted by Gasteiger charge is 2.33. The van der Waals surface area contributed by atoms with Crippen LogP contribution in [0.2, 0.25) is 10.0 Å². The standard InChI is InChI=1S/C19H12Cl2N4/c1-22-18-15(12-8-5-9-14(20)16(12)21)13-10-23-25-19(13)24-17(18)11-6-3-2-4-7-11/h2-10,15H,(H2,23,24,25). The summed E-state index contributed by atoms with van der Waals surface area (Å²) >= 11 is 12.7. The van der Waals surface area contributed by atoms with E-state index in [1.807, 2.05) is 42.5 Å². The third kappa shape index (κ3) is 2.58. The number of halogens is 2. The van der Waals surface area contributed by atoms with Crippen LogP contribution in [-0.2, 0) is 0 Å². The zero-order valence-corrected chi connectivity index (χ0v) is 14.4. The van der Waals surface area contributed by atoms with Crippen LogP contribution in [0.1, 0.15) is 22.6 Å². The molecule has 1 aromatic heterocycles. The van der Waals surface area contributed by atoms with Crippen LogP contribution in [0.15, 0.2) is 60.4 Å². The molecule has 0 saturated carbocycles. The number of fused-ring (bicyclic) bond motifs is 1. The molecule has 25 heavy (non-hydrogen) atoms. The molecule has 0 fully saturated rings. The second-order valence-corrected chi connectivity index (χ2v) is 6.42. The Kier molecular flexibility index (Phi) is 3.96. The zero-order valence-electron chi connectivity index (χ0n) is 12.9. The van der Waals surface area contributed by atoms with Gasteiger partial charge in [0.15, 0.2) is 0 Å². The molecule has 0 spiro atoms.